The van der Waals surface area contributed by atoms with Gasteiger partial charge in [-0.15, -0.1) is 0 Å². The second-order valence-electron chi connectivity index (χ2n) is 10.2. The van der Waals surface area contributed by atoms with Crippen molar-refractivity contribution >= 4 is 35.1 Å². The van der Waals surface area contributed by atoms with E-state index in [2.05, 4.69) is 0 Å². The van der Waals surface area contributed by atoms with E-state index < -0.39 is 16.4 Å². The molecule has 1 heterocycles. The lowest BCUT2D eigenvalue weighted by atomic mass is 9.72. The summed E-state index contributed by atoms with van der Waals surface area (Å²) in [6.07, 6.45) is 1.06. The smallest absolute Gasteiger partial charge is 0.410 e. The molecule has 1 aliphatic carbocycles. The fraction of sp³-hybridized carbons (Fsp3) is 0.636. The molecular weight excluding hydrogens is 397 g/mol. The van der Waals surface area contributed by atoms with Gasteiger partial charge in [-0.1, -0.05) is 50.0 Å². The first-order valence-corrected chi connectivity index (χ1v) is 10.5. The highest BCUT2D eigenvalue weighted by Crippen LogP contribution is 2.71. The Morgan fingerprint density at radius 2 is 1.71 bits per heavy atom. The predicted molar refractivity (Wildman–Crippen MR) is 112 cm³/mol. The number of carbonyl (C=O) groups excluding carboxylic acids is 2. The first kappa shape index (κ1) is 21.4. The van der Waals surface area contributed by atoms with E-state index in [0.717, 1.165) is 5.56 Å². The SMILES string of the molecule is CC(C)(C)OC(=O)N1CCC2(c3ccc(Cl)c(Cl)c3)CC2(C(=O)C(C)(C)C)C1. The van der Waals surface area contributed by atoms with Crippen molar-refractivity contribution in [2.75, 3.05) is 13.1 Å². The van der Waals surface area contributed by atoms with Crippen molar-refractivity contribution in [1.82, 2.24) is 4.90 Å². The van der Waals surface area contributed by atoms with Crippen molar-refractivity contribution < 1.29 is 14.3 Å². The van der Waals surface area contributed by atoms with Crippen LogP contribution in [0.15, 0.2) is 18.2 Å². The Morgan fingerprint density at radius 1 is 1.07 bits per heavy atom. The largest absolute Gasteiger partial charge is 0.444 e. The van der Waals surface area contributed by atoms with Crippen LogP contribution in [0.25, 0.3) is 0 Å². The van der Waals surface area contributed by atoms with Crippen LogP contribution in [0.4, 0.5) is 4.79 Å². The molecule has 3 rings (SSSR count). The van der Waals surface area contributed by atoms with Gasteiger partial charge in [-0.05, 0) is 51.3 Å². The lowest BCUT2D eigenvalue weighted by Gasteiger charge is -2.40. The van der Waals surface area contributed by atoms with E-state index in [1.54, 1.807) is 11.0 Å². The number of fused-ring (bicyclic) bond motifs is 1. The average molecular weight is 426 g/mol. The molecule has 28 heavy (non-hydrogen) atoms. The molecule has 1 amide bonds. The number of nitrogens with zero attached hydrogens (tertiary/aromatic N) is 1. The Labute approximate surface area is 177 Å². The molecule has 2 atom stereocenters. The van der Waals surface area contributed by atoms with E-state index in [1.165, 1.54) is 0 Å². The second-order valence-corrected chi connectivity index (χ2v) is 11.0. The van der Waals surface area contributed by atoms with Gasteiger partial charge in [-0.25, -0.2) is 4.79 Å². The van der Waals surface area contributed by atoms with Crippen molar-refractivity contribution in [2.45, 2.75) is 65.4 Å². The summed E-state index contributed by atoms with van der Waals surface area (Å²) in [4.78, 5) is 27.9. The van der Waals surface area contributed by atoms with Crippen molar-refractivity contribution in [3.8, 4) is 0 Å². The number of likely N-dealkylation sites (tertiary alicyclic amines) is 1. The number of ether oxygens (including phenoxy) is 1. The maximum Gasteiger partial charge on any atom is 0.410 e. The molecule has 0 aromatic heterocycles. The summed E-state index contributed by atoms with van der Waals surface area (Å²) in [5.74, 6) is 0.180. The Bertz CT molecular complexity index is 824. The van der Waals surface area contributed by atoms with Gasteiger partial charge < -0.3 is 9.64 Å². The van der Waals surface area contributed by atoms with Gasteiger partial charge in [-0.3, -0.25) is 4.79 Å². The number of benzene rings is 1. The standard InChI is InChI=1S/C22H29Cl2NO3/c1-19(2,3)17(26)22-12-21(22,14-7-8-15(23)16(24)11-14)9-10-25(13-22)18(27)28-20(4,5)6/h7-8,11H,9-10,12-13H2,1-6H3. The molecule has 0 spiro atoms. The van der Waals surface area contributed by atoms with Crippen molar-refractivity contribution in [2.24, 2.45) is 10.8 Å². The van der Waals surface area contributed by atoms with Gasteiger partial charge in [0.2, 0.25) is 0 Å². The lowest BCUT2D eigenvalue weighted by molar-refractivity contribution is -0.134. The Kier molecular flexibility index (Phi) is 5.08. The second kappa shape index (κ2) is 6.63. The first-order chi connectivity index (χ1) is 12.7. The fourth-order valence-corrected chi connectivity index (χ4v) is 4.92. The average Bonchev–Trinajstić information content (AvgIpc) is 3.25. The van der Waals surface area contributed by atoms with Gasteiger partial charge in [0.25, 0.3) is 0 Å². The van der Waals surface area contributed by atoms with Crippen LogP contribution in [0.5, 0.6) is 0 Å². The number of ketones is 1. The number of hydrogen-bond donors (Lipinski definition) is 0. The molecule has 2 unspecified atom stereocenters. The highest BCUT2D eigenvalue weighted by atomic mass is 35.5. The van der Waals surface area contributed by atoms with E-state index in [1.807, 2.05) is 53.7 Å². The molecule has 1 aromatic rings. The molecule has 6 heteroatoms. The van der Waals surface area contributed by atoms with Crippen LogP contribution in [-0.4, -0.2) is 35.5 Å². The third-order valence-corrected chi connectivity index (χ3v) is 6.64. The number of hydrogen-bond acceptors (Lipinski definition) is 3. The Balaban J connectivity index is 1.97. The van der Waals surface area contributed by atoms with E-state index in [9.17, 15) is 9.59 Å². The van der Waals surface area contributed by atoms with Crippen LogP contribution in [0, 0.1) is 10.8 Å². The molecule has 4 nitrogen and oxygen atoms in total. The molecule has 1 aliphatic heterocycles. The van der Waals surface area contributed by atoms with Crippen LogP contribution in [0.3, 0.4) is 0 Å². The summed E-state index contributed by atoms with van der Waals surface area (Å²) in [5.41, 5.74) is -0.959. The van der Waals surface area contributed by atoms with Crippen LogP contribution >= 0.6 is 23.2 Å². The summed E-state index contributed by atoms with van der Waals surface area (Å²) in [5, 5.41) is 0.994. The van der Waals surface area contributed by atoms with E-state index >= 15 is 0 Å². The fourth-order valence-electron chi connectivity index (χ4n) is 4.62. The number of halogens is 2. The quantitative estimate of drug-likeness (QED) is 0.594. The van der Waals surface area contributed by atoms with Crippen LogP contribution in [0.2, 0.25) is 10.0 Å². The molecule has 1 saturated heterocycles. The van der Waals surface area contributed by atoms with Gasteiger partial charge in [0, 0.05) is 23.9 Å². The minimum Gasteiger partial charge on any atom is -0.444 e. The number of rotatable bonds is 2. The van der Waals surface area contributed by atoms with Crippen LogP contribution < -0.4 is 0 Å². The maximum atomic E-state index is 13.5. The zero-order valence-electron chi connectivity index (χ0n) is 17.5. The van der Waals surface area contributed by atoms with Gasteiger partial charge in [0.1, 0.15) is 11.4 Å². The zero-order chi connectivity index (χ0) is 21.1. The van der Waals surface area contributed by atoms with Gasteiger partial charge in [0.15, 0.2) is 0 Å². The molecule has 154 valence electrons. The van der Waals surface area contributed by atoms with Gasteiger partial charge in [-0.2, -0.15) is 0 Å². The summed E-state index contributed by atoms with van der Waals surface area (Å²) in [6.45, 7) is 12.3. The molecular formula is C22H29Cl2NO3. The number of piperidine rings is 1. The van der Waals surface area contributed by atoms with Crippen molar-refractivity contribution in [3.63, 3.8) is 0 Å². The van der Waals surface area contributed by atoms with Crippen LogP contribution in [-0.2, 0) is 14.9 Å². The Morgan fingerprint density at radius 3 is 2.25 bits per heavy atom. The zero-order valence-corrected chi connectivity index (χ0v) is 19.0. The molecule has 0 N–H and O–H groups in total. The summed E-state index contributed by atoms with van der Waals surface area (Å²) in [6, 6.07) is 5.64. The minimum absolute atomic E-state index is 0.180. The molecule has 1 aromatic carbocycles. The predicted octanol–water partition coefficient (Wildman–Crippen LogP) is 5.88. The topological polar surface area (TPSA) is 46.6 Å². The normalized spacial score (nSPS) is 27.2. The molecule has 1 saturated carbocycles. The van der Waals surface area contributed by atoms with Gasteiger partial charge in [0.05, 0.1) is 15.5 Å². The van der Waals surface area contributed by atoms with E-state index in [-0.39, 0.29) is 17.3 Å². The highest BCUT2D eigenvalue weighted by molar-refractivity contribution is 6.42. The monoisotopic (exact) mass is 425 g/mol. The van der Waals surface area contributed by atoms with E-state index in [4.69, 9.17) is 27.9 Å². The molecule has 0 bridgehead atoms. The maximum absolute atomic E-state index is 13.5. The van der Waals surface area contributed by atoms with Crippen molar-refractivity contribution in [3.05, 3.63) is 33.8 Å². The summed E-state index contributed by atoms with van der Waals surface area (Å²) >= 11 is 12.4. The number of carbonyl (C=O) groups is 2. The van der Waals surface area contributed by atoms with E-state index in [0.29, 0.717) is 36.0 Å². The number of Topliss-reactive ketones (excluding diaryl/α,β-unsaturated/α-hetero) is 1. The van der Waals surface area contributed by atoms with Crippen LogP contribution in [0.1, 0.15) is 59.9 Å². The van der Waals surface area contributed by atoms with Gasteiger partial charge >= 0.3 is 6.09 Å². The molecule has 0 radical (unpaired) electrons. The highest BCUT2D eigenvalue weighted by Gasteiger charge is 2.75. The third kappa shape index (κ3) is 3.54. The molecule has 2 fully saturated rings. The first-order valence-electron chi connectivity index (χ1n) is 9.70. The minimum atomic E-state index is -0.614. The van der Waals surface area contributed by atoms with Crippen molar-refractivity contribution in [1.29, 1.82) is 0 Å². The lowest BCUT2D eigenvalue weighted by Crippen LogP contribution is -2.51. The summed E-state index contributed by atoms with van der Waals surface area (Å²) in [7, 11) is 0. The third-order valence-electron chi connectivity index (χ3n) is 5.90. The number of amides is 1. The molecule has 2 aliphatic rings. The summed E-state index contributed by atoms with van der Waals surface area (Å²) < 4.78 is 5.57. The Hall–Kier alpha value is -1.26.